The van der Waals surface area contributed by atoms with Crippen LogP contribution in [0.5, 0.6) is 11.5 Å². The zero-order valence-electron chi connectivity index (χ0n) is 19.0. The molecule has 5 atom stereocenters. The van der Waals surface area contributed by atoms with Crippen LogP contribution in [0, 0.1) is 22.7 Å². The van der Waals surface area contributed by atoms with Gasteiger partial charge < -0.3 is 14.6 Å². The van der Waals surface area contributed by atoms with Gasteiger partial charge in [-0.05, 0) is 60.6 Å². The molecule has 30 heavy (non-hydrogen) atoms. The molecule has 2 aliphatic rings. The Labute approximate surface area is 184 Å². The van der Waals surface area contributed by atoms with Crippen molar-refractivity contribution in [2.45, 2.75) is 69.9 Å². The van der Waals surface area contributed by atoms with E-state index in [0.29, 0.717) is 5.92 Å². The Kier molecular flexibility index (Phi) is 6.57. The summed E-state index contributed by atoms with van der Waals surface area (Å²) in [7, 11) is 3.30. The van der Waals surface area contributed by atoms with Crippen molar-refractivity contribution in [2.24, 2.45) is 27.8 Å². The van der Waals surface area contributed by atoms with Crippen LogP contribution in [0.2, 0.25) is 0 Å². The molecule has 2 aliphatic carbocycles. The van der Waals surface area contributed by atoms with Gasteiger partial charge in [0.25, 0.3) is 0 Å². The van der Waals surface area contributed by atoms with Crippen LogP contribution < -0.4 is 9.47 Å². The first-order chi connectivity index (χ1) is 14.1. The summed E-state index contributed by atoms with van der Waals surface area (Å²) in [6.45, 7) is 8.88. The second kappa shape index (κ2) is 8.52. The van der Waals surface area contributed by atoms with Gasteiger partial charge in [0.05, 0.1) is 25.9 Å². The Balaban J connectivity index is 1.96. The standard InChI is InChI=1S/C23H35N3O3S/c1-21(2)8-7-9-22(3)18(21)13-20(25-26-24)23(4,27)19(22)14-30-17-11-15(28-5)10-16(12-17)29-6/h10-12,18-20,27H,7-9,13-14H2,1-6H3/t18-,19+,20?,22-,23+/m0/s1. The van der Waals surface area contributed by atoms with E-state index in [4.69, 9.17) is 15.0 Å². The molecular formula is C23H35N3O3S. The Bertz CT molecular complexity index is 800. The first-order valence-corrected chi connectivity index (χ1v) is 11.7. The minimum Gasteiger partial charge on any atom is -0.497 e. The summed E-state index contributed by atoms with van der Waals surface area (Å²) >= 11 is 1.71. The van der Waals surface area contributed by atoms with Gasteiger partial charge in [0.2, 0.25) is 0 Å². The Morgan fingerprint density at radius 2 is 1.77 bits per heavy atom. The lowest BCUT2D eigenvalue weighted by Gasteiger charge is -2.62. The van der Waals surface area contributed by atoms with E-state index >= 15 is 0 Å². The van der Waals surface area contributed by atoms with Gasteiger partial charge in [-0.1, -0.05) is 32.3 Å². The van der Waals surface area contributed by atoms with Crippen LogP contribution in [0.25, 0.3) is 10.4 Å². The van der Waals surface area contributed by atoms with E-state index in [-0.39, 0.29) is 16.7 Å². The molecule has 0 aliphatic heterocycles. The molecular weight excluding hydrogens is 398 g/mol. The minimum atomic E-state index is -1.05. The van der Waals surface area contributed by atoms with E-state index in [2.05, 4.69) is 30.8 Å². The first-order valence-electron chi connectivity index (χ1n) is 10.7. The lowest BCUT2D eigenvalue weighted by molar-refractivity contribution is -0.167. The number of thioether (sulfide) groups is 1. The zero-order chi connectivity index (χ0) is 22.2. The summed E-state index contributed by atoms with van der Waals surface area (Å²) in [5.74, 6) is 2.65. The van der Waals surface area contributed by atoms with E-state index in [1.54, 1.807) is 26.0 Å². The molecule has 0 amide bonds. The lowest BCUT2D eigenvalue weighted by Crippen LogP contribution is -2.63. The molecule has 6 nitrogen and oxygen atoms in total. The molecule has 0 saturated heterocycles. The summed E-state index contributed by atoms with van der Waals surface area (Å²) < 4.78 is 10.8. The topological polar surface area (TPSA) is 87.5 Å². The second-order valence-corrected chi connectivity index (χ2v) is 11.1. The number of aliphatic hydroxyl groups is 1. The number of rotatable bonds is 6. The van der Waals surface area contributed by atoms with Gasteiger partial charge in [0.1, 0.15) is 11.5 Å². The predicted molar refractivity (Wildman–Crippen MR) is 121 cm³/mol. The maximum absolute atomic E-state index is 11.7. The molecule has 0 bridgehead atoms. The third-order valence-corrected chi connectivity index (χ3v) is 8.91. The fourth-order valence-corrected chi connectivity index (χ4v) is 7.64. The number of ether oxygens (including phenoxy) is 2. The van der Waals surface area contributed by atoms with Gasteiger partial charge in [-0.3, -0.25) is 0 Å². The smallest absolute Gasteiger partial charge is 0.123 e. The molecule has 7 heteroatoms. The second-order valence-electron chi connectivity index (χ2n) is 9.99. The summed E-state index contributed by atoms with van der Waals surface area (Å²) in [5.41, 5.74) is 8.26. The molecule has 1 N–H and O–H groups in total. The average Bonchev–Trinajstić information content (AvgIpc) is 2.68. The van der Waals surface area contributed by atoms with E-state index in [1.165, 1.54) is 6.42 Å². The van der Waals surface area contributed by atoms with Gasteiger partial charge in [-0.2, -0.15) is 0 Å². The Morgan fingerprint density at radius 3 is 2.33 bits per heavy atom. The van der Waals surface area contributed by atoms with Crippen molar-refractivity contribution in [3.05, 3.63) is 28.6 Å². The van der Waals surface area contributed by atoms with Crippen molar-refractivity contribution >= 4 is 11.8 Å². The molecule has 0 radical (unpaired) electrons. The quantitative estimate of drug-likeness (QED) is 0.255. The molecule has 1 unspecified atom stereocenters. The molecule has 0 aromatic heterocycles. The fourth-order valence-electron chi connectivity index (χ4n) is 6.16. The van der Waals surface area contributed by atoms with Crippen molar-refractivity contribution in [3.63, 3.8) is 0 Å². The SMILES string of the molecule is COc1cc(OC)cc(SC[C@@H]2[C@@]3(C)CCCC(C)(C)[C@@H]3CC(N=[N+]=[N-])[C@]2(C)O)c1. The van der Waals surface area contributed by atoms with Crippen molar-refractivity contribution in [1.82, 2.24) is 0 Å². The normalized spacial score (nSPS) is 35.1. The van der Waals surface area contributed by atoms with E-state index < -0.39 is 11.6 Å². The van der Waals surface area contributed by atoms with Gasteiger partial charge in [0.15, 0.2) is 0 Å². The lowest BCUT2D eigenvalue weighted by atomic mass is 9.45. The van der Waals surface area contributed by atoms with Crippen LogP contribution in [0.15, 0.2) is 28.2 Å². The third-order valence-electron chi connectivity index (χ3n) is 7.84. The molecule has 2 fully saturated rings. The van der Waals surface area contributed by atoms with Crippen LogP contribution >= 0.6 is 11.8 Å². The Morgan fingerprint density at radius 1 is 1.13 bits per heavy atom. The molecule has 0 heterocycles. The molecule has 1 aromatic carbocycles. The predicted octanol–water partition coefficient (Wildman–Crippen LogP) is 6.08. The van der Waals surface area contributed by atoms with Crippen molar-refractivity contribution in [2.75, 3.05) is 20.0 Å². The molecule has 1 aromatic rings. The molecule has 2 saturated carbocycles. The molecule has 3 rings (SSSR count). The van der Waals surface area contributed by atoms with Crippen LogP contribution in [0.4, 0.5) is 0 Å². The maximum atomic E-state index is 11.7. The molecule has 166 valence electrons. The fraction of sp³-hybridized carbons (Fsp3) is 0.739. The average molecular weight is 434 g/mol. The summed E-state index contributed by atoms with van der Waals surface area (Å²) in [6.07, 6.45) is 4.17. The highest BCUT2D eigenvalue weighted by atomic mass is 32.2. The maximum Gasteiger partial charge on any atom is 0.123 e. The monoisotopic (exact) mass is 433 g/mol. The highest BCUT2D eigenvalue weighted by Gasteiger charge is 2.61. The minimum absolute atomic E-state index is 0.000945. The first kappa shape index (κ1) is 23.1. The van der Waals surface area contributed by atoms with Gasteiger partial charge in [-0.25, -0.2) is 0 Å². The van der Waals surface area contributed by atoms with Crippen LogP contribution in [0.3, 0.4) is 0 Å². The highest BCUT2D eigenvalue weighted by Crippen LogP contribution is 2.63. The van der Waals surface area contributed by atoms with E-state index in [9.17, 15) is 5.11 Å². The number of nitrogens with zero attached hydrogens (tertiary/aromatic N) is 3. The third kappa shape index (κ3) is 4.12. The van der Waals surface area contributed by atoms with Gasteiger partial charge >= 0.3 is 0 Å². The largest absolute Gasteiger partial charge is 0.497 e. The van der Waals surface area contributed by atoms with Crippen LogP contribution in [-0.4, -0.2) is 36.7 Å². The number of hydrogen-bond acceptors (Lipinski definition) is 5. The number of benzene rings is 1. The number of fused-ring (bicyclic) bond motifs is 1. The van der Waals surface area contributed by atoms with Crippen molar-refractivity contribution < 1.29 is 14.6 Å². The summed E-state index contributed by atoms with van der Waals surface area (Å²) in [4.78, 5) is 4.13. The Hall–Kier alpha value is -1.56. The highest BCUT2D eigenvalue weighted by molar-refractivity contribution is 7.99. The zero-order valence-corrected chi connectivity index (χ0v) is 19.8. The van der Waals surface area contributed by atoms with Gasteiger partial charge in [-0.15, -0.1) is 11.8 Å². The van der Waals surface area contributed by atoms with Gasteiger partial charge in [0, 0.05) is 27.5 Å². The number of azide groups is 1. The van der Waals surface area contributed by atoms with E-state index in [0.717, 1.165) is 41.4 Å². The summed E-state index contributed by atoms with van der Waals surface area (Å²) in [5, 5.41) is 15.7. The van der Waals surface area contributed by atoms with Crippen LogP contribution in [-0.2, 0) is 0 Å². The molecule has 0 spiro atoms. The van der Waals surface area contributed by atoms with Crippen molar-refractivity contribution in [1.29, 1.82) is 0 Å². The summed E-state index contributed by atoms with van der Waals surface area (Å²) in [6, 6.07) is 5.45. The van der Waals surface area contributed by atoms with Crippen molar-refractivity contribution in [3.8, 4) is 11.5 Å². The number of methoxy groups -OCH3 is 2. The number of hydrogen-bond donors (Lipinski definition) is 1. The van der Waals surface area contributed by atoms with E-state index in [1.807, 2.05) is 25.1 Å². The van der Waals surface area contributed by atoms with Crippen LogP contribution in [0.1, 0.15) is 53.4 Å².